The fourth-order valence-electron chi connectivity index (χ4n) is 4.19. The molecule has 2 N–H and O–H groups in total. The third-order valence-corrected chi connectivity index (χ3v) is 6.25. The molecule has 1 fully saturated rings. The SMILES string of the molecule is CCn1cc2ncc(N[C@@H](C)c3cc(NC(=O)Cc4cnc(C5CC5)c(F)c4)ccc3C)nc2n1. The van der Waals surface area contributed by atoms with E-state index in [0.29, 0.717) is 28.4 Å². The first-order chi connectivity index (χ1) is 16.9. The van der Waals surface area contributed by atoms with Crippen molar-refractivity contribution in [1.29, 1.82) is 0 Å². The van der Waals surface area contributed by atoms with Crippen LogP contribution in [0.1, 0.15) is 61.0 Å². The van der Waals surface area contributed by atoms with Gasteiger partial charge in [-0.1, -0.05) is 6.07 Å². The van der Waals surface area contributed by atoms with Gasteiger partial charge < -0.3 is 10.6 Å². The van der Waals surface area contributed by atoms with Crippen LogP contribution < -0.4 is 10.6 Å². The lowest BCUT2D eigenvalue weighted by Gasteiger charge is -2.18. The molecule has 0 aliphatic heterocycles. The summed E-state index contributed by atoms with van der Waals surface area (Å²) in [6.07, 6.45) is 7.20. The minimum absolute atomic E-state index is 0.0614. The highest BCUT2D eigenvalue weighted by Gasteiger charge is 2.28. The van der Waals surface area contributed by atoms with E-state index in [1.54, 1.807) is 17.1 Å². The van der Waals surface area contributed by atoms with Crippen LogP contribution in [0.2, 0.25) is 0 Å². The van der Waals surface area contributed by atoms with Gasteiger partial charge in [-0.05, 0) is 68.5 Å². The number of hydrogen-bond acceptors (Lipinski definition) is 6. The molecule has 3 aromatic heterocycles. The molecule has 1 aromatic carbocycles. The van der Waals surface area contributed by atoms with Gasteiger partial charge in [0.05, 0.1) is 30.6 Å². The molecule has 1 saturated carbocycles. The van der Waals surface area contributed by atoms with Crippen molar-refractivity contribution >= 4 is 28.6 Å². The van der Waals surface area contributed by atoms with Crippen molar-refractivity contribution in [2.75, 3.05) is 10.6 Å². The van der Waals surface area contributed by atoms with Crippen LogP contribution in [0.3, 0.4) is 0 Å². The zero-order valence-electron chi connectivity index (χ0n) is 20.0. The molecule has 1 aliphatic rings. The van der Waals surface area contributed by atoms with Crippen molar-refractivity contribution in [1.82, 2.24) is 24.7 Å². The Kier molecular flexibility index (Phi) is 6.15. The number of carbonyl (C=O) groups is 1. The van der Waals surface area contributed by atoms with Gasteiger partial charge in [0, 0.05) is 24.3 Å². The van der Waals surface area contributed by atoms with Gasteiger partial charge in [0.15, 0.2) is 0 Å². The molecule has 0 saturated heterocycles. The van der Waals surface area contributed by atoms with E-state index in [1.807, 2.05) is 45.2 Å². The standard InChI is InChI=1S/C26H28FN7O/c1-4-34-14-22-26(33-34)32-23(13-28-22)30-16(3)20-11-19(8-5-15(20)2)31-24(35)10-17-9-21(27)25(29-12-17)18-6-7-18/h5,8-9,11-14,16,18H,4,6-7,10H2,1-3H3,(H,31,35)(H,30,32,33)/t16-/m0/s1. The molecule has 8 nitrogen and oxygen atoms in total. The number of hydrogen-bond donors (Lipinski definition) is 2. The Morgan fingerprint density at radius 1 is 1.23 bits per heavy atom. The van der Waals surface area contributed by atoms with E-state index in [9.17, 15) is 9.18 Å². The molecule has 1 aliphatic carbocycles. The lowest BCUT2D eigenvalue weighted by molar-refractivity contribution is -0.115. The van der Waals surface area contributed by atoms with Crippen LogP contribution in [-0.2, 0) is 17.8 Å². The fraction of sp³-hybridized carbons (Fsp3) is 0.346. The number of aromatic nitrogens is 5. The lowest BCUT2D eigenvalue weighted by Crippen LogP contribution is -2.16. The van der Waals surface area contributed by atoms with Crippen molar-refractivity contribution in [3.63, 3.8) is 0 Å². The van der Waals surface area contributed by atoms with Gasteiger partial charge in [-0.15, -0.1) is 0 Å². The van der Waals surface area contributed by atoms with Crippen molar-refractivity contribution < 1.29 is 9.18 Å². The number of carbonyl (C=O) groups excluding carboxylic acids is 1. The molecule has 0 spiro atoms. The molecule has 180 valence electrons. The van der Waals surface area contributed by atoms with E-state index in [1.165, 1.54) is 6.07 Å². The highest BCUT2D eigenvalue weighted by molar-refractivity contribution is 5.92. The maximum Gasteiger partial charge on any atom is 0.228 e. The summed E-state index contributed by atoms with van der Waals surface area (Å²) in [5.41, 5.74) is 5.20. The Bertz CT molecular complexity index is 1400. The van der Waals surface area contributed by atoms with Gasteiger partial charge in [0.1, 0.15) is 17.2 Å². The number of fused-ring (bicyclic) bond motifs is 1. The Morgan fingerprint density at radius 3 is 2.80 bits per heavy atom. The van der Waals surface area contributed by atoms with Gasteiger partial charge >= 0.3 is 0 Å². The normalized spacial score (nSPS) is 14.2. The quantitative estimate of drug-likeness (QED) is 0.377. The smallest absolute Gasteiger partial charge is 0.228 e. The minimum Gasteiger partial charge on any atom is -0.362 e. The predicted octanol–water partition coefficient (Wildman–Crippen LogP) is 4.92. The summed E-state index contributed by atoms with van der Waals surface area (Å²) in [7, 11) is 0. The van der Waals surface area contributed by atoms with Crippen LogP contribution in [0.25, 0.3) is 11.2 Å². The van der Waals surface area contributed by atoms with Crippen LogP contribution in [0, 0.1) is 12.7 Å². The van der Waals surface area contributed by atoms with Crippen LogP contribution in [-0.4, -0.2) is 30.6 Å². The molecule has 0 unspecified atom stereocenters. The Hall–Kier alpha value is -3.88. The maximum absolute atomic E-state index is 14.3. The third-order valence-electron chi connectivity index (χ3n) is 6.25. The number of nitrogens with one attached hydrogen (secondary N) is 2. The maximum atomic E-state index is 14.3. The number of halogens is 1. The Morgan fingerprint density at radius 2 is 2.06 bits per heavy atom. The van der Waals surface area contributed by atoms with Gasteiger partial charge in [-0.25, -0.2) is 14.4 Å². The molecule has 5 rings (SSSR count). The van der Waals surface area contributed by atoms with E-state index >= 15 is 0 Å². The van der Waals surface area contributed by atoms with E-state index in [2.05, 4.69) is 30.7 Å². The molecule has 1 atom stereocenters. The minimum atomic E-state index is -0.321. The molecular weight excluding hydrogens is 445 g/mol. The molecule has 3 heterocycles. The average Bonchev–Trinajstić information content (AvgIpc) is 3.58. The lowest BCUT2D eigenvalue weighted by atomic mass is 10.0. The number of benzene rings is 1. The third kappa shape index (κ3) is 5.13. The fourth-order valence-corrected chi connectivity index (χ4v) is 4.19. The number of nitrogens with zero attached hydrogens (tertiary/aromatic N) is 5. The van der Waals surface area contributed by atoms with Crippen molar-refractivity contribution in [3.05, 3.63) is 71.1 Å². The summed E-state index contributed by atoms with van der Waals surface area (Å²) < 4.78 is 16.1. The van der Waals surface area contributed by atoms with Gasteiger partial charge in [-0.3, -0.25) is 14.5 Å². The van der Waals surface area contributed by atoms with Crippen LogP contribution in [0.5, 0.6) is 0 Å². The molecular formula is C26H28FN7O. The van der Waals surface area contributed by atoms with E-state index in [0.717, 1.165) is 36.0 Å². The summed E-state index contributed by atoms with van der Waals surface area (Å²) in [5, 5.41) is 10.7. The predicted molar refractivity (Wildman–Crippen MR) is 133 cm³/mol. The summed E-state index contributed by atoms with van der Waals surface area (Å²) in [6, 6.07) is 7.11. The van der Waals surface area contributed by atoms with Gasteiger partial charge in [0.25, 0.3) is 0 Å². The molecule has 4 aromatic rings. The van der Waals surface area contributed by atoms with Crippen molar-refractivity contribution in [3.8, 4) is 0 Å². The second kappa shape index (κ2) is 9.40. The summed E-state index contributed by atoms with van der Waals surface area (Å²) >= 11 is 0. The zero-order chi connectivity index (χ0) is 24.5. The second-order valence-corrected chi connectivity index (χ2v) is 9.10. The Labute approximate surface area is 203 Å². The number of pyridine rings is 1. The Balaban J connectivity index is 1.26. The van der Waals surface area contributed by atoms with Crippen LogP contribution in [0.4, 0.5) is 15.9 Å². The first kappa shape index (κ1) is 22.9. The molecule has 35 heavy (non-hydrogen) atoms. The number of rotatable bonds is 8. The summed E-state index contributed by atoms with van der Waals surface area (Å²) in [6.45, 7) is 6.82. The summed E-state index contributed by atoms with van der Waals surface area (Å²) in [4.78, 5) is 25.9. The first-order valence-corrected chi connectivity index (χ1v) is 11.9. The topological polar surface area (TPSA) is 97.6 Å². The highest BCUT2D eigenvalue weighted by atomic mass is 19.1. The zero-order valence-corrected chi connectivity index (χ0v) is 20.0. The van der Waals surface area contributed by atoms with Crippen LogP contribution in [0.15, 0.2) is 42.9 Å². The first-order valence-electron chi connectivity index (χ1n) is 11.9. The largest absolute Gasteiger partial charge is 0.362 e. The molecule has 9 heteroatoms. The van der Waals surface area contributed by atoms with Gasteiger partial charge in [-0.2, -0.15) is 5.10 Å². The van der Waals surface area contributed by atoms with Gasteiger partial charge in [0.2, 0.25) is 11.6 Å². The van der Waals surface area contributed by atoms with Crippen molar-refractivity contribution in [2.45, 2.75) is 58.5 Å². The second-order valence-electron chi connectivity index (χ2n) is 9.10. The van der Waals surface area contributed by atoms with E-state index in [-0.39, 0.29) is 30.1 Å². The number of amides is 1. The van der Waals surface area contributed by atoms with E-state index in [4.69, 9.17) is 0 Å². The van der Waals surface area contributed by atoms with Crippen molar-refractivity contribution in [2.24, 2.45) is 0 Å². The monoisotopic (exact) mass is 473 g/mol. The number of anilines is 2. The van der Waals surface area contributed by atoms with E-state index < -0.39 is 0 Å². The molecule has 1 amide bonds. The summed E-state index contributed by atoms with van der Waals surface area (Å²) in [5.74, 6) is 0.326. The molecule has 0 radical (unpaired) electrons. The average molecular weight is 474 g/mol. The number of aryl methyl sites for hydroxylation is 2. The molecule has 0 bridgehead atoms. The highest BCUT2D eigenvalue weighted by Crippen LogP contribution is 2.40. The van der Waals surface area contributed by atoms with Crippen LogP contribution >= 0.6 is 0 Å².